The first-order valence-corrected chi connectivity index (χ1v) is 10.1. The molecule has 3 N–H and O–H groups in total. The molecule has 1 heterocycles. The molecule has 0 unspecified atom stereocenters. The third kappa shape index (κ3) is 7.95. The highest BCUT2D eigenvalue weighted by atomic mass is 19.4. The Kier molecular flexibility index (Phi) is 8.13. The number of benzene rings is 1. The van der Waals surface area contributed by atoms with Crippen molar-refractivity contribution in [3.05, 3.63) is 29.8 Å². The van der Waals surface area contributed by atoms with Crippen LogP contribution in [0.5, 0.6) is 5.75 Å². The molecule has 0 spiro atoms. The standard InChI is InChI=1S/C21H29F3N2O6/c1-19(2)12-30-20(3,4)32-16(19)18(29)25-9-8-15(27)17(28)26-11-13-6-5-7-14(10-13)31-21(22,23)24/h5-7,10,15-16,27H,8-9,11-12H2,1-4H3,(H,25,29)(H,26,28)/t15-,16+/m1/s1. The molecule has 2 amide bonds. The van der Waals surface area contributed by atoms with Crippen molar-refractivity contribution >= 4 is 11.8 Å². The van der Waals surface area contributed by atoms with Crippen LogP contribution < -0.4 is 15.4 Å². The predicted molar refractivity (Wildman–Crippen MR) is 107 cm³/mol. The van der Waals surface area contributed by atoms with Gasteiger partial charge in [0.25, 0.3) is 0 Å². The molecule has 0 aromatic heterocycles. The van der Waals surface area contributed by atoms with Crippen LogP contribution in [0.2, 0.25) is 0 Å². The Labute approximate surface area is 184 Å². The summed E-state index contributed by atoms with van der Waals surface area (Å²) in [5.41, 5.74) is -0.193. The van der Waals surface area contributed by atoms with Gasteiger partial charge in [-0.1, -0.05) is 26.0 Å². The summed E-state index contributed by atoms with van der Waals surface area (Å²) in [6, 6.07) is 5.14. The SMILES string of the molecule is CC1(C)OCC(C)(C)[C@H](C(=O)NCC[C@@H](O)C(=O)NCc2cccc(OC(F)(F)F)c2)O1. The molecule has 1 aromatic rings. The van der Waals surface area contributed by atoms with Gasteiger partial charge in [0.1, 0.15) is 18.0 Å². The van der Waals surface area contributed by atoms with Crippen LogP contribution in [-0.4, -0.2) is 54.4 Å². The minimum absolute atomic E-state index is 0.0273. The molecular formula is C21H29F3N2O6. The highest BCUT2D eigenvalue weighted by molar-refractivity contribution is 5.82. The third-order valence-corrected chi connectivity index (χ3v) is 4.76. The minimum Gasteiger partial charge on any atom is -0.406 e. The van der Waals surface area contributed by atoms with E-state index >= 15 is 0 Å². The van der Waals surface area contributed by atoms with Gasteiger partial charge >= 0.3 is 6.36 Å². The summed E-state index contributed by atoms with van der Waals surface area (Å²) < 4.78 is 52.0. The molecule has 0 radical (unpaired) electrons. The number of rotatable bonds is 8. The van der Waals surface area contributed by atoms with E-state index in [-0.39, 0.29) is 25.4 Å². The summed E-state index contributed by atoms with van der Waals surface area (Å²) in [6.07, 6.45) is -7.04. The second-order valence-corrected chi connectivity index (χ2v) is 8.68. The Morgan fingerprint density at radius 2 is 1.94 bits per heavy atom. The molecule has 2 atom stereocenters. The Bertz CT molecular complexity index is 813. The molecule has 1 fully saturated rings. The number of hydrogen-bond acceptors (Lipinski definition) is 6. The van der Waals surface area contributed by atoms with Crippen LogP contribution in [-0.2, 0) is 25.6 Å². The number of carbonyl (C=O) groups is 2. The first-order valence-electron chi connectivity index (χ1n) is 10.1. The number of carbonyl (C=O) groups excluding carboxylic acids is 2. The largest absolute Gasteiger partial charge is 0.573 e. The fourth-order valence-electron chi connectivity index (χ4n) is 3.04. The van der Waals surface area contributed by atoms with Crippen LogP contribution in [0.3, 0.4) is 0 Å². The second-order valence-electron chi connectivity index (χ2n) is 8.68. The molecular weight excluding hydrogens is 433 g/mol. The highest BCUT2D eigenvalue weighted by Gasteiger charge is 2.45. The van der Waals surface area contributed by atoms with Crippen LogP contribution in [0.15, 0.2) is 24.3 Å². The molecule has 32 heavy (non-hydrogen) atoms. The van der Waals surface area contributed by atoms with E-state index in [1.165, 1.54) is 12.1 Å². The monoisotopic (exact) mass is 462 g/mol. The van der Waals surface area contributed by atoms with Gasteiger partial charge in [0, 0.05) is 18.5 Å². The topological polar surface area (TPSA) is 106 Å². The number of hydrogen-bond donors (Lipinski definition) is 3. The first-order chi connectivity index (χ1) is 14.7. The van der Waals surface area contributed by atoms with Gasteiger partial charge in [0.2, 0.25) is 11.8 Å². The quantitative estimate of drug-likeness (QED) is 0.547. The number of aliphatic hydroxyl groups is 1. The molecule has 1 aromatic carbocycles. The van der Waals surface area contributed by atoms with Crippen molar-refractivity contribution in [3.63, 3.8) is 0 Å². The van der Waals surface area contributed by atoms with Gasteiger partial charge < -0.3 is 30.0 Å². The zero-order valence-electron chi connectivity index (χ0n) is 18.4. The van der Waals surface area contributed by atoms with Crippen LogP contribution >= 0.6 is 0 Å². The molecule has 8 nitrogen and oxygen atoms in total. The Morgan fingerprint density at radius 3 is 2.59 bits per heavy atom. The lowest BCUT2D eigenvalue weighted by molar-refractivity contribution is -0.304. The molecule has 1 saturated heterocycles. The lowest BCUT2D eigenvalue weighted by Gasteiger charge is -2.44. The van der Waals surface area contributed by atoms with Crippen LogP contribution in [0.25, 0.3) is 0 Å². The molecule has 0 bridgehead atoms. The summed E-state index contributed by atoms with van der Waals surface area (Å²) in [5, 5.41) is 15.1. The summed E-state index contributed by atoms with van der Waals surface area (Å²) in [5.74, 6) is -2.40. The summed E-state index contributed by atoms with van der Waals surface area (Å²) in [4.78, 5) is 24.6. The van der Waals surface area contributed by atoms with Gasteiger partial charge in [-0.25, -0.2) is 0 Å². The molecule has 1 aliphatic heterocycles. The van der Waals surface area contributed by atoms with Crippen molar-refractivity contribution in [1.82, 2.24) is 10.6 Å². The number of aliphatic hydroxyl groups excluding tert-OH is 1. The zero-order chi connectivity index (χ0) is 24.2. The van der Waals surface area contributed by atoms with E-state index in [0.29, 0.717) is 12.2 Å². The maximum absolute atomic E-state index is 12.5. The van der Waals surface area contributed by atoms with E-state index in [9.17, 15) is 27.9 Å². The van der Waals surface area contributed by atoms with E-state index in [2.05, 4.69) is 15.4 Å². The summed E-state index contributed by atoms with van der Waals surface area (Å²) in [7, 11) is 0. The van der Waals surface area contributed by atoms with Crippen molar-refractivity contribution in [3.8, 4) is 5.75 Å². The maximum atomic E-state index is 12.5. The van der Waals surface area contributed by atoms with Crippen molar-refractivity contribution in [1.29, 1.82) is 0 Å². The zero-order valence-corrected chi connectivity index (χ0v) is 18.4. The summed E-state index contributed by atoms with van der Waals surface area (Å²) in [6.45, 7) is 7.35. The normalized spacial score (nSPS) is 20.8. The highest BCUT2D eigenvalue weighted by Crippen LogP contribution is 2.34. The number of amides is 2. The van der Waals surface area contributed by atoms with Crippen molar-refractivity contribution < 1.29 is 42.1 Å². The van der Waals surface area contributed by atoms with Crippen molar-refractivity contribution in [2.24, 2.45) is 5.41 Å². The van der Waals surface area contributed by atoms with Crippen LogP contribution in [0.1, 0.15) is 39.7 Å². The maximum Gasteiger partial charge on any atom is 0.573 e. The average Bonchev–Trinajstić information content (AvgIpc) is 2.67. The van der Waals surface area contributed by atoms with Crippen LogP contribution in [0.4, 0.5) is 13.2 Å². The van der Waals surface area contributed by atoms with Crippen molar-refractivity contribution in [2.75, 3.05) is 13.2 Å². The second kappa shape index (κ2) is 10.1. The van der Waals surface area contributed by atoms with Gasteiger partial charge in [0.05, 0.1) is 6.61 Å². The molecule has 180 valence electrons. The van der Waals surface area contributed by atoms with E-state index in [1.54, 1.807) is 13.8 Å². The summed E-state index contributed by atoms with van der Waals surface area (Å²) >= 11 is 0. The van der Waals surface area contributed by atoms with E-state index < -0.39 is 41.4 Å². The van der Waals surface area contributed by atoms with E-state index in [1.807, 2.05) is 13.8 Å². The van der Waals surface area contributed by atoms with Gasteiger partial charge in [-0.2, -0.15) is 0 Å². The molecule has 2 rings (SSSR count). The van der Waals surface area contributed by atoms with Crippen LogP contribution in [0, 0.1) is 5.41 Å². The van der Waals surface area contributed by atoms with Crippen molar-refractivity contribution in [2.45, 2.75) is 65.0 Å². The molecule has 0 aliphatic carbocycles. The third-order valence-electron chi connectivity index (χ3n) is 4.76. The van der Waals surface area contributed by atoms with E-state index in [4.69, 9.17) is 9.47 Å². The number of ether oxygens (including phenoxy) is 3. The average molecular weight is 462 g/mol. The number of halogens is 3. The smallest absolute Gasteiger partial charge is 0.406 e. The van der Waals surface area contributed by atoms with Gasteiger partial charge in [-0.3, -0.25) is 9.59 Å². The Morgan fingerprint density at radius 1 is 1.25 bits per heavy atom. The minimum atomic E-state index is -4.82. The first kappa shape index (κ1) is 25.9. The molecule has 0 saturated carbocycles. The van der Waals surface area contributed by atoms with E-state index in [0.717, 1.165) is 12.1 Å². The van der Waals surface area contributed by atoms with Gasteiger partial charge in [-0.15, -0.1) is 13.2 Å². The Hall–Kier alpha value is -2.37. The molecule has 11 heteroatoms. The predicted octanol–water partition coefficient (Wildman–Crippen LogP) is 2.25. The number of alkyl halides is 3. The lowest BCUT2D eigenvalue weighted by atomic mass is 9.85. The molecule has 1 aliphatic rings. The fourth-order valence-corrected chi connectivity index (χ4v) is 3.04. The Balaban J connectivity index is 1.78. The number of nitrogens with one attached hydrogen (secondary N) is 2. The van der Waals surface area contributed by atoms with Gasteiger partial charge in [-0.05, 0) is 38.0 Å². The lowest BCUT2D eigenvalue weighted by Crippen LogP contribution is -2.56. The van der Waals surface area contributed by atoms with Gasteiger partial charge in [0.15, 0.2) is 5.79 Å². The fraction of sp³-hybridized carbons (Fsp3) is 0.619.